The van der Waals surface area contributed by atoms with Gasteiger partial charge >= 0.3 is 0 Å². The third kappa shape index (κ3) is 3.41. The van der Waals surface area contributed by atoms with E-state index >= 15 is 0 Å². The van der Waals surface area contributed by atoms with Crippen LogP contribution in [-0.4, -0.2) is 23.3 Å². The minimum Gasteiger partial charge on any atom is -0.416 e. The van der Waals surface area contributed by atoms with Crippen molar-refractivity contribution in [2.75, 3.05) is 13.1 Å². The highest BCUT2D eigenvalue weighted by molar-refractivity contribution is 7.98. The summed E-state index contributed by atoms with van der Waals surface area (Å²) >= 11 is 1.61. The molecule has 1 aliphatic rings. The Bertz CT molecular complexity index is 564. The number of piperidine rings is 1. The number of hydrogen-bond donors (Lipinski definition) is 1. The second-order valence-electron chi connectivity index (χ2n) is 5.21. The summed E-state index contributed by atoms with van der Waals surface area (Å²) in [6, 6.07) is 8.51. The lowest BCUT2D eigenvalue weighted by atomic mass is 9.98. The molecule has 3 rings (SSSR count). The zero-order valence-corrected chi connectivity index (χ0v) is 12.4. The fraction of sp³-hybridized carbons (Fsp3) is 0.467. The Hall–Kier alpha value is -1.33. The first-order chi connectivity index (χ1) is 9.81. The number of aryl methyl sites for hydroxylation is 1. The van der Waals surface area contributed by atoms with Gasteiger partial charge in [0.25, 0.3) is 5.22 Å². The fourth-order valence-electron chi connectivity index (χ4n) is 2.46. The predicted octanol–water partition coefficient (Wildman–Crippen LogP) is 3.14. The molecule has 0 saturated carbocycles. The minimum atomic E-state index is 0.428. The number of thioether (sulfide) groups is 1. The molecule has 20 heavy (non-hydrogen) atoms. The summed E-state index contributed by atoms with van der Waals surface area (Å²) in [6.07, 6.45) is 2.17. The molecule has 0 unspecified atom stereocenters. The first-order valence-corrected chi connectivity index (χ1v) is 8.02. The van der Waals surface area contributed by atoms with Crippen molar-refractivity contribution < 1.29 is 4.42 Å². The van der Waals surface area contributed by atoms with E-state index in [4.69, 9.17) is 4.42 Å². The molecule has 5 heteroatoms. The van der Waals surface area contributed by atoms with E-state index in [9.17, 15) is 0 Å². The first-order valence-electron chi connectivity index (χ1n) is 7.04. The van der Waals surface area contributed by atoms with Crippen LogP contribution in [0.5, 0.6) is 0 Å². The highest BCUT2D eigenvalue weighted by Gasteiger charge is 2.21. The van der Waals surface area contributed by atoms with Gasteiger partial charge in [0.2, 0.25) is 5.89 Å². The minimum absolute atomic E-state index is 0.428. The van der Waals surface area contributed by atoms with E-state index in [0.717, 1.165) is 37.6 Å². The monoisotopic (exact) mass is 289 g/mol. The van der Waals surface area contributed by atoms with Gasteiger partial charge in [-0.15, -0.1) is 10.2 Å². The van der Waals surface area contributed by atoms with E-state index in [1.807, 2.05) is 0 Å². The van der Waals surface area contributed by atoms with Crippen LogP contribution in [0.1, 0.15) is 35.8 Å². The quantitative estimate of drug-likeness (QED) is 0.876. The largest absolute Gasteiger partial charge is 0.416 e. The molecule has 2 heterocycles. The van der Waals surface area contributed by atoms with Gasteiger partial charge in [0, 0.05) is 11.7 Å². The molecule has 0 amide bonds. The van der Waals surface area contributed by atoms with Gasteiger partial charge in [-0.05, 0) is 38.4 Å². The lowest BCUT2D eigenvalue weighted by molar-refractivity contribution is 0.342. The van der Waals surface area contributed by atoms with Gasteiger partial charge in [0.05, 0.1) is 0 Å². The van der Waals surface area contributed by atoms with Crippen LogP contribution in [0.3, 0.4) is 0 Å². The summed E-state index contributed by atoms with van der Waals surface area (Å²) in [4.78, 5) is 0. The van der Waals surface area contributed by atoms with Gasteiger partial charge in [0.15, 0.2) is 0 Å². The van der Waals surface area contributed by atoms with Crippen molar-refractivity contribution in [2.45, 2.75) is 36.7 Å². The molecule has 0 aliphatic carbocycles. The zero-order chi connectivity index (χ0) is 13.8. The molecule has 1 aliphatic heterocycles. The number of aromatic nitrogens is 2. The van der Waals surface area contributed by atoms with Crippen molar-refractivity contribution in [1.82, 2.24) is 15.5 Å². The molecule has 106 valence electrons. The Morgan fingerprint density at radius 2 is 2.15 bits per heavy atom. The number of nitrogens with one attached hydrogen (secondary N) is 1. The molecular weight excluding hydrogens is 270 g/mol. The van der Waals surface area contributed by atoms with Gasteiger partial charge in [-0.2, -0.15) is 0 Å². The van der Waals surface area contributed by atoms with Crippen LogP contribution in [-0.2, 0) is 5.75 Å². The second-order valence-corrected chi connectivity index (χ2v) is 6.13. The molecule has 0 spiro atoms. The normalized spacial score (nSPS) is 16.4. The molecule has 1 saturated heterocycles. The first kappa shape index (κ1) is 13.6. The average molecular weight is 289 g/mol. The highest BCUT2D eigenvalue weighted by atomic mass is 32.2. The Morgan fingerprint density at radius 3 is 2.95 bits per heavy atom. The third-order valence-electron chi connectivity index (χ3n) is 3.56. The zero-order valence-electron chi connectivity index (χ0n) is 11.6. The van der Waals surface area contributed by atoms with E-state index in [1.165, 1.54) is 11.1 Å². The van der Waals surface area contributed by atoms with Gasteiger partial charge in [-0.3, -0.25) is 0 Å². The van der Waals surface area contributed by atoms with Crippen LogP contribution in [0.15, 0.2) is 33.9 Å². The summed E-state index contributed by atoms with van der Waals surface area (Å²) < 4.78 is 5.79. The number of hydrogen-bond acceptors (Lipinski definition) is 5. The lowest BCUT2D eigenvalue weighted by Gasteiger charge is -2.18. The standard InChI is InChI=1S/C15H19N3OS/c1-11-3-2-4-12(9-11)10-20-15-18-17-14(19-15)13-5-7-16-8-6-13/h2-4,9,13,16H,5-8,10H2,1H3. The van der Waals surface area contributed by atoms with Gasteiger partial charge in [0.1, 0.15) is 0 Å². The fourth-order valence-corrected chi connectivity index (χ4v) is 3.17. The number of nitrogens with zero attached hydrogens (tertiary/aromatic N) is 2. The summed E-state index contributed by atoms with van der Waals surface area (Å²) in [5.74, 6) is 2.10. The van der Waals surface area contributed by atoms with Gasteiger partial charge in [-0.1, -0.05) is 41.6 Å². The second kappa shape index (κ2) is 6.41. The SMILES string of the molecule is Cc1cccc(CSc2nnc(C3CCNCC3)o2)c1. The van der Waals surface area contributed by atoms with Crippen LogP contribution in [0.4, 0.5) is 0 Å². The Labute approximate surface area is 123 Å². The lowest BCUT2D eigenvalue weighted by Crippen LogP contribution is -2.26. The third-order valence-corrected chi connectivity index (χ3v) is 4.44. The van der Waals surface area contributed by atoms with Crippen molar-refractivity contribution in [2.24, 2.45) is 0 Å². The molecular formula is C15H19N3OS. The van der Waals surface area contributed by atoms with E-state index in [-0.39, 0.29) is 0 Å². The van der Waals surface area contributed by atoms with Crippen LogP contribution in [0.25, 0.3) is 0 Å². The van der Waals surface area contributed by atoms with Crippen LogP contribution >= 0.6 is 11.8 Å². The highest BCUT2D eigenvalue weighted by Crippen LogP contribution is 2.28. The predicted molar refractivity (Wildman–Crippen MR) is 79.9 cm³/mol. The van der Waals surface area contributed by atoms with E-state index in [0.29, 0.717) is 11.1 Å². The Balaban J connectivity index is 1.59. The molecule has 2 aromatic rings. The molecule has 1 fully saturated rings. The molecule has 0 bridgehead atoms. The van der Waals surface area contributed by atoms with Crippen LogP contribution in [0, 0.1) is 6.92 Å². The van der Waals surface area contributed by atoms with Crippen molar-refractivity contribution >= 4 is 11.8 Å². The molecule has 1 aromatic heterocycles. The van der Waals surface area contributed by atoms with Crippen LogP contribution < -0.4 is 5.32 Å². The molecule has 1 N–H and O–H groups in total. The van der Waals surface area contributed by atoms with Crippen molar-refractivity contribution in [3.63, 3.8) is 0 Å². The van der Waals surface area contributed by atoms with E-state index in [1.54, 1.807) is 11.8 Å². The summed E-state index contributed by atoms with van der Waals surface area (Å²) in [5.41, 5.74) is 2.57. The summed E-state index contributed by atoms with van der Waals surface area (Å²) in [5, 5.41) is 12.4. The van der Waals surface area contributed by atoms with Gasteiger partial charge in [-0.25, -0.2) is 0 Å². The van der Waals surface area contributed by atoms with Crippen LogP contribution in [0.2, 0.25) is 0 Å². The van der Waals surface area contributed by atoms with E-state index < -0.39 is 0 Å². The molecule has 0 radical (unpaired) electrons. The van der Waals surface area contributed by atoms with Crippen molar-refractivity contribution in [3.8, 4) is 0 Å². The van der Waals surface area contributed by atoms with Crippen molar-refractivity contribution in [1.29, 1.82) is 0 Å². The maximum absolute atomic E-state index is 5.79. The number of benzene rings is 1. The Morgan fingerprint density at radius 1 is 1.30 bits per heavy atom. The maximum atomic E-state index is 5.79. The molecule has 0 atom stereocenters. The molecule has 1 aromatic carbocycles. The average Bonchev–Trinajstić information content (AvgIpc) is 2.95. The smallest absolute Gasteiger partial charge is 0.276 e. The Kier molecular flexibility index (Phi) is 4.38. The van der Waals surface area contributed by atoms with E-state index in [2.05, 4.69) is 46.7 Å². The van der Waals surface area contributed by atoms with Crippen molar-refractivity contribution in [3.05, 3.63) is 41.3 Å². The maximum Gasteiger partial charge on any atom is 0.276 e. The summed E-state index contributed by atoms with van der Waals surface area (Å²) in [6.45, 7) is 4.19. The van der Waals surface area contributed by atoms with Gasteiger partial charge < -0.3 is 9.73 Å². The number of rotatable bonds is 4. The topological polar surface area (TPSA) is 51.0 Å². The molecule has 4 nitrogen and oxygen atoms in total. The summed E-state index contributed by atoms with van der Waals surface area (Å²) in [7, 11) is 0.